The number of benzene rings is 2. The number of hydrogen-bond acceptors (Lipinski definition) is 7. The number of H-pyrrole nitrogens is 1. The van der Waals surface area contributed by atoms with Crippen molar-refractivity contribution >= 4 is 43.8 Å². The molecule has 0 aliphatic carbocycles. The Bertz CT molecular complexity index is 1580. The number of halogens is 1. The van der Waals surface area contributed by atoms with Crippen LogP contribution in [0, 0.1) is 11.3 Å². The van der Waals surface area contributed by atoms with Crippen LogP contribution < -0.4 is 15.2 Å². The molecule has 3 aliphatic heterocycles. The van der Waals surface area contributed by atoms with E-state index in [9.17, 15) is 18.5 Å². The Morgan fingerprint density at radius 1 is 1.31 bits per heavy atom. The van der Waals surface area contributed by atoms with Crippen molar-refractivity contribution in [2.45, 2.75) is 29.9 Å². The van der Waals surface area contributed by atoms with Crippen LogP contribution >= 0.6 is 11.6 Å². The second kappa shape index (κ2) is 8.78. The first-order valence-corrected chi connectivity index (χ1v) is 13.7. The zero-order chi connectivity index (χ0) is 25.0. The number of anilines is 2. The van der Waals surface area contributed by atoms with Crippen LogP contribution in [0.25, 0.3) is 10.8 Å². The van der Waals surface area contributed by atoms with E-state index in [0.29, 0.717) is 36.4 Å². The van der Waals surface area contributed by atoms with Gasteiger partial charge in [-0.2, -0.15) is 5.26 Å². The third-order valence-corrected chi connectivity index (χ3v) is 9.48. The van der Waals surface area contributed by atoms with E-state index in [1.165, 1.54) is 22.6 Å². The van der Waals surface area contributed by atoms with Crippen molar-refractivity contribution in [3.05, 3.63) is 63.0 Å². The summed E-state index contributed by atoms with van der Waals surface area (Å²) in [5, 5.41) is 13.6. The Kier molecular flexibility index (Phi) is 5.68. The van der Waals surface area contributed by atoms with Gasteiger partial charge in [-0.25, -0.2) is 8.42 Å². The minimum Gasteiger partial charge on any atom is -0.383 e. The first-order chi connectivity index (χ1) is 17.4. The minimum atomic E-state index is -4.06. The molecule has 2 fully saturated rings. The average molecular weight is 526 g/mol. The number of fused-ring (bicyclic) bond motifs is 4. The SMILES string of the molecule is N#Cc1cc(NCCN2C[C@@H]3C[C@@H]2CO3)c2c(c1)N(S(=O)(=O)c1cccc3c(=O)[nH]cc(Cl)c13)CC2. The summed E-state index contributed by atoms with van der Waals surface area (Å²) in [4.78, 5) is 17.2. The lowest BCUT2D eigenvalue weighted by atomic mass is 10.1. The number of hydrogen-bond donors (Lipinski definition) is 2. The van der Waals surface area contributed by atoms with Gasteiger partial charge in [0.2, 0.25) is 0 Å². The van der Waals surface area contributed by atoms with Crippen LogP contribution in [0.3, 0.4) is 0 Å². The Labute approximate surface area is 213 Å². The number of rotatable bonds is 6. The van der Waals surface area contributed by atoms with Gasteiger partial charge >= 0.3 is 0 Å². The molecule has 36 heavy (non-hydrogen) atoms. The van der Waals surface area contributed by atoms with Crippen molar-refractivity contribution in [1.82, 2.24) is 9.88 Å². The van der Waals surface area contributed by atoms with Crippen molar-refractivity contribution in [2.75, 3.05) is 42.4 Å². The summed E-state index contributed by atoms with van der Waals surface area (Å²) in [6.07, 6.45) is 3.22. The predicted molar refractivity (Wildman–Crippen MR) is 137 cm³/mol. The molecule has 4 heterocycles. The van der Waals surface area contributed by atoms with Crippen molar-refractivity contribution < 1.29 is 13.2 Å². The summed E-state index contributed by atoms with van der Waals surface area (Å²) in [5.74, 6) is 0. The second-order valence-electron chi connectivity index (χ2n) is 9.37. The second-order valence-corrected chi connectivity index (χ2v) is 11.6. The number of morpholine rings is 1. The molecule has 6 rings (SSSR count). The standard InChI is InChI=1S/C25H24ClN5O4S/c26-20-12-29-25(32)19-2-1-3-23(24(19)20)36(33,34)31-6-4-18-21(8-15(11-27)9-22(18)31)28-5-7-30-13-17-10-16(30)14-35-17/h1-3,8-9,12,16-17,28H,4-7,10,13-14H2,(H,29,32)/t16-,17+/m1/s1. The number of aromatic nitrogens is 1. The van der Waals surface area contributed by atoms with E-state index >= 15 is 0 Å². The van der Waals surface area contributed by atoms with Gasteiger partial charge in [0.1, 0.15) is 0 Å². The average Bonchev–Trinajstić information content (AvgIpc) is 3.62. The monoisotopic (exact) mass is 525 g/mol. The fourth-order valence-corrected chi connectivity index (χ4v) is 7.65. The van der Waals surface area contributed by atoms with Crippen LogP contribution in [-0.2, 0) is 21.2 Å². The topological polar surface area (TPSA) is 119 Å². The van der Waals surface area contributed by atoms with Crippen LogP contribution in [0.1, 0.15) is 17.5 Å². The third-order valence-electron chi connectivity index (χ3n) is 7.33. The molecule has 0 unspecified atom stereocenters. The summed E-state index contributed by atoms with van der Waals surface area (Å²) in [7, 11) is -4.06. The molecule has 1 aromatic heterocycles. The zero-order valence-electron chi connectivity index (χ0n) is 19.3. The summed E-state index contributed by atoms with van der Waals surface area (Å²) in [6, 6.07) is 10.6. The number of nitriles is 1. The number of aromatic amines is 1. The van der Waals surface area contributed by atoms with Crippen LogP contribution in [0.15, 0.2) is 46.2 Å². The molecule has 9 nitrogen and oxygen atoms in total. The molecule has 3 aromatic rings. The quantitative estimate of drug-likeness (QED) is 0.508. The van der Waals surface area contributed by atoms with E-state index in [1.807, 2.05) is 0 Å². The molecule has 3 aliphatic rings. The summed E-state index contributed by atoms with van der Waals surface area (Å²) < 4.78 is 34.7. The van der Waals surface area contributed by atoms with Gasteiger partial charge in [-0.15, -0.1) is 0 Å². The van der Waals surface area contributed by atoms with Gasteiger partial charge in [0.25, 0.3) is 15.6 Å². The number of nitrogens with zero attached hydrogens (tertiary/aromatic N) is 3. The van der Waals surface area contributed by atoms with E-state index in [4.69, 9.17) is 16.3 Å². The highest BCUT2D eigenvalue weighted by Gasteiger charge is 2.38. The first-order valence-electron chi connectivity index (χ1n) is 11.9. The number of likely N-dealkylation sites (tertiary alicyclic amines) is 1. The Morgan fingerprint density at radius 2 is 2.17 bits per heavy atom. The van der Waals surface area contributed by atoms with Crippen molar-refractivity contribution in [3.63, 3.8) is 0 Å². The summed E-state index contributed by atoms with van der Waals surface area (Å²) >= 11 is 6.34. The van der Waals surface area contributed by atoms with Crippen LogP contribution in [0.4, 0.5) is 11.4 Å². The lowest BCUT2D eigenvalue weighted by Crippen LogP contribution is -2.39. The molecule has 2 saturated heterocycles. The number of nitrogens with one attached hydrogen (secondary N) is 2. The molecule has 2 N–H and O–H groups in total. The molecule has 0 spiro atoms. The van der Waals surface area contributed by atoms with Crippen molar-refractivity contribution in [2.24, 2.45) is 0 Å². The van der Waals surface area contributed by atoms with Gasteiger partial charge in [-0.1, -0.05) is 17.7 Å². The van der Waals surface area contributed by atoms with E-state index in [2.05, 4.69) is 21.3 Å². The minimum absolute atomic E-state index is 0.0351. The molecule has 0 saturated carbocycles. The summed E-state index contributed by atoms with van der Waals surface area (Å²) in [5.41, 5.74) is 2.06. The summed E-state index contributed by atoms with van der Waals surface area (Å²) in [6.45, 7) is 3.47. The molecule has 0 amide bonds. The number of ether oxygens (including phenoxy) is 1. The highest BCUT2D eigenvalue weighted by molar-refractivity contribution is 7.93. The highest BCUT2D eigenvalue weighted by atomic mass is 35.5. The Morgan fingerprint density at radius 3 is 2.92 bits per heavy atom. The maximum absolute atomic E-state index is 13.9. The van der Waals surface area contributed by atoms with E-state index in [1.54, 1.807) is 18.2 Å². The maximum atomic E-state index is 13.9. The third kappa shape index (κ3) is 3.74. The fraction of sp³-hybridized carbons (Fsp3) is 0.360. The molecule has 2 aromatic carbocycles. The molecule has 2 bridgehead atoms. The number of pyridine rings is 1. The molecular weight excluding hydrogens is 502 g/mol. The normalized spacial score (nSPS) is 21.2. The Balaban J connectivity index is 1.33. The van der Waals surface area contributed by atoms with Gasteiger partial charge in [0.15, 0.2) is 0 Å². The maximum Gasteiger partial charge on any atom is 0.265 e. The molecule has 2 atom stereocenters. The number of sulfonamides is 1. The predicted octanol–water partition coefficient (Wildman–Crippen LogP) is 2.69. The van der Waals surface area contributed by atoms with Crippen LogP contribution in [0.5, 0.6) is 0 Å². The largest absolute Gasteiger partial charge is 0.383 e. The molecular formula is C25H24ClN5O4S. The molecule has 186 valence electrons. The van der Waals surface area contributed by atoms with Gasteiger partial charge in [0, 0.05) is 60.4 Å². The lowest BCUT2D eigenvalue weighted by molar-refractivity contribution is 0.0324. The van der Waals surface area contributed by atoms with Crippen LogP contribution in [0.2, 0.25) is 5.02 Å². The molecule has 0 radical (unpaired) electrons. The van der Waals surface area contributed by atoms with Gasteiger partial charge < -0.3 is 15.0 Å². The van der Waals surface area contributed by atoms with Crippen molar-refractivity contribution in [3.8, 4) is 6.07 Å². The van der Waals surface area contributed by atoms with Crippen LogP contribution in [-0.4, -0.2) is 63.2 Å². The van der Waals surface area contributed by atoms with E-state index in [-0.39, 0.29) is 27.2 Å². The fourth-order valence-electron chi connectivity index (χ4n) is 5.61. The molecule has 11 heteroatoms. The zero-order valence-corrected chi connectivity index (χ0v) is 20.9. The highest BCUT2D eigenvalue weighted by Crippen LogP contribution is 2.40. The van der Waals surface area contributed by atoms with Crippen molar-refractivity contribution in [1.29, 1.82) is 5.26 Å². The van der Waals surface area contributed by atoms with Gasteiger partial charge in [-0.05, 0) is 37.1 Å². The Hall–Kier alpha value is -3.10. The van der Waals surface area contributed by atoms with Gasteiger partial charge in [-0.3, -0.25) is 14.0 Å². The lowest BCUT2D eigenvalue weighted by Gasteiger charge is -2.27. The van der Waals surface area contributed by atoms with E-state index in [0.717, 1.165) is 37.4 Å². The van der Waals surface area contributed by atoms with Gasteiger partial charge in [0.05, 0.1) is 39.9 Å². The van der Waals surface area contributed by atoms with E-state index < -0.39 is 15.6 Å². The smallest absolute Gasteiger partial charge is 0.265 e. The first kappa shape index (κ1) is 23.3.